The second-order valence-corrected chi connectivity index (χ2v) is 7.57. The molecule has 1 fully saturated rings. The molecule has 1 saturated heterocycles. The summed E-state index contributed by atoms with van der Waals surface area (Å²) in [5, 5.41) is 6.39. The van der Waals surface area contributed by atoms with E-state index < -0.39 is 23.4 Å². The SMILES string of the molecule is C[C@@]1(CCc2ccccc2)NC(=O)N(CC(=O)Nc2cccc3cccnc23)C1=O. The average molecular weight is 402 g/mol. The lowest BCUT2D eigenvalue weighted by atomic mass is 9.93. The van der Waals surface area contributed by atoms with Gasteiger partial charge in [-0.15, -0.1) is 0 Å². The van der Waals surface area contributed by atoms with Crippen LogP contribution in [0.3, 0.4) is 0 Å². The third-order valence-corrected chi connectivity index (χ3v) is 5.31. The van der Waals surface area contributed by atoms with Gasteiger partial charge in [0, 0.05) is 11.6 Å². The van der Waals surface area contributed by atoms with Gasteiger partial charge in [0.25, 0.3) is 5.91 Å². The molecule has 7 nitrogen and oxygen atoms in total. The topological polar surface area (TPSA) is 91.4 Å². The summed E-state index contributed by atoms with van der Waals surface area (Å²) in [6.07, 6.45) is 2.74. The maximum Gasteiger partial charge on any atom is 0.325 e. The number of aromatic nitrogens is 1. The van der Waals surface area contributed by atoms with Gasteiger partial charge in [-0.05, 0) is 37.5 Å². The van der Waals surface area contributed by atoms with Crippen molar-refractivity contribution >= 4 is 34.4 Å². The number of carbonyl (C=O) groups excluding carboxylic acids is 3. The quantitative estimate of drug-likeness (QED) is 0.620. The number of carbonyl (C=O) groups is 3. The van der Waals surface area contributed by atoms with Crippen LogP contribution in [0.25, 0.3) is 10.9 Å². The summed E-state index contributed by atoms with van der Waals surface area (Å²) in [6, 6.07) is 18.4. The van der Waals surface area contributed by atoms with Gasteiger partial charge in [-0.3, -0.25) is 19.5 Å². The zero-order chi connectivity index (χ0) is 21.1. The maximum atomic E-state index is 12.9. The Bertz CT molecular complexity index is 1110. The molecule has 2 heterocycles. The number of fused-ring (bicyclic) bond motifs is 1. The second-order valence-electron chi connectivity index (χ2n) is 7.57. The molecule has 0 aliphatic carbocycles. The summed E-state index contributed by atoms with van der Waals surface area (Å²) >= 11 is 0. The summed E-state index contributed by atoms with van der Waals surface area (Å²) in [7, 11) is 0. The van der Waals surface area contributed by atoms with Crippen LogP contribution in [0.2, 0.25) is 0 Å². The minimum Gasteiger partial charge on any atom is -0.323 e. The number of pyridine rings is 1. The van der Waals surface area contributed by atoms with Gasteiger partial charge < -0.3 is 10.6 Å². The number of nitrogens with one attached hydrogen (secondary N) is 2. The summed E-state index contributed by atoms with van der Waals surface area (Å²) < 4.78 is 0. The van der Waals surface area contributed by atoms with E-state index in [1.165, 1.54) is 0 Å². The number of benzene rings is 2. The Morgan fingerprint density at radius 3 is 2.63 bits per heavy atom. The Hall–Kier alpha value is -3.74. The smallest absolute Gasteiger partial charge is 0.323 e. The molecule has 3 aromatic rings. The van der Waals surface area contributed by atoms with Crippen LogP contribution in [0.4, 0.5) is 10.5 Å². The van der Waals surface area contributed by atoms with E-state index in [-0.39, 0.29) is 6.54 Å². The van der Waals surface area contributed by atoms with Crippen molar-refractivity contribution in [1.82, 2.24) is 15.2 Å². The molecule has 2 aromatic carbocycles. The van der Waals surface area contributed by atoms with Gasteiger partial charge in [-0.2, -0.15) is 0 Å². The van der Waals surface area contributed by atoms with Crippen LogP contribution in [0.1, 0.15) is 18.9 Å². The van der Waals surface area contributed by atoms with Gasteiger partial charge in [-0.25, -0.2) is 4.79 Å². The minimum atomic E-state index is -1.03. The monoisotopic (exact) mass is 402 g/mol. The molecule has 0 bridgehead atoms. The predicted molar refractivity (Wildman–Crippen MR) is 114 cm³/mol. The Labute approximate surface area is 174 Å². The Balaban J connectivity index is 1.43. The molecule has 0 unspecified atom stereocenters. The zero-order valence-corrected chi connectivity index (χ0v) is 16.6. The highest BCUT2D eigenvalue weighted by Gasteiger charge is 2.47. The van der Waals surface area contributed by atoms with E-state index in [1.54, 1.807) is 19.2 Å². The fourth-order valence-electron chi connectivity index (χ4n) is 3.64. The van der Waals surface area contributed by atoms with Gasteiger partial charge in [-0.1, -0.05) is 48.5 Å². The molecule has 1 aromatic heterocycles. The van der Waals surface area contributed by atoms with Crippen LogP contribution < -0.4 is 10.6 Å². The number of hydrogen-bond donors (Lipinski definition) is 2. The summed E-state index contributed by atoms with van der Waals surface area (Å²) in [5.74, 6) is -0.849. The molecule has 0 radical (unpaired) electrons. The van der Waals surface area contributed by atoms with Gasteiger partial charge in [0.1, 0.15) is 12.1 Å². The first kappa shape index (κ1) is 19.6. The van der Waals surface area contributed by atoms with E-state index >= 15 is 0 Å². The number of rotatable bonds is 6. The predicted octanol–water partition coefficient (Wildman–Crippen LogP) is 3.12. The second kappa shape index (κ2) is 7.94. The van der Waals surface area contributed by atoms with E-state index in [1.807, 2.05) is 54.6 Å². The molecule has 1 atom stereocenters. The van der Waals surface area contributed by atoms with Crippen LogP contribution in [-0.2, 0) is 16.0 Å². The number of imide groups is 1. The molecular weight excluding hydrogens is 380 g/mol. The Morgan fingerprint density at radius 2 is 1.83 bits per heavy atom. The molecule has 0 spiro atoms. The summed E-state index contributed by atoms with van der Waals surface area (Å²) in [6.45, 7) is 1.34. The molecule has 4 rings (SSSR count). The molecular formula is C23H22N4O3. The van der Waals surface area contributed by atoms with Crippen molar-refractivity contribution in [2.75, 3.05) is 11.9 Å². The van der Waals surface area contributed by atoms with Crippen molar-refractivity contribution in [1.29, 1.82) is 0 Å². The third-order valence-electron chi connectivity index (χ3n) is 5.31. The first-order chi connectivity index (χ1) is 14.5. The van der Waals surface area contributed by atoms with Crippen molar-refractivity contribution in [3.05, 3.63) is 72.4 Å². The van der Waals surface area contributed by atoms with Crippen LogP contribution in [0.15, 0.2) is 66.9 Å². The van der Waals surface area contributed by atoms with E-state index in [9.17, 15) is 14.4 Å². The molecule has 1 aliphatic heterocycles. The van der Waals surface area contributed by atoms with Crippen molar-refractivity contribution < 1.29 is 14.4 Å². The number of nitrogens with zero attached hydrogens (tertiary/aromatic N) is 2. The highest BCUT2D eigenvalue weighted by Crippen LogP contribution is 2.24. The van der Waals surface area contributed by atoms with E-state index in [0.29, 0.717) is 24.0 Å². The Kier molecular flexibility index (Phi) is 5.18. The molecule has 4 amide bonds. The average Bonchev–Trinajstić information content (AvgIpc) is 2.97. The number of urea groups is 1. The molecule has 2 N–H and O–H groups in total. The number of para-hydroxylation sites is 1. The fraction of sp³-hybridized carbons (Fsp3) is 0.217. The molecule has 152 valence electrons. The van der Waals surface area contributed by atoms with E-state index in [4.69, 9.17) is 0 Å². The van der Waals surface area contributed by atoms with Gasteiger partial charge in [0.2, 0.25) is 5.91 Å². The van der Waals surface area contributed by atoms with Gasteiger partial charge in [0.15, 0.2) is 0 Å². The molecule has 1 aliphatic rings. The Morgan fingerprint density at radius 1 is 1.07 bits per heavy atom. The maximum absolute atomic E-state index is 12.9. The highest BCUT2D eigenvalue weighted by atomic mass is 16.2. The van der Waals surface area contributed by atoms with Gasteiger partial charge >= 0.3 is 6.03 Å². The molecule has 30 heavy (non-hydrogen) atoms. The zero-order valence-electron chi connectivity index (χ0n) is 16.6. The molecule has 7 heteroatoms. The van der Waals surface area contributed by atoms with Crippen LogP contribution >= 0.6 is 0 Å². The summed E-state index contributed by atoms with van der Waals surface area (Å²) in [5.41, 5.74) is 1.24. The largest absolute Gasteiger partial charge is 0.325 e. The van der Waals surface area contributed by atoms with Crippen molar-refractivity contribution in [2.24, 2.45) is 0 Å². The third kappa shape index (κ3) is 3.87. The first-order valence-electron chi connectivity index (χ1n) is 9.78. The lowest BCUT2D eigenvalue weighted by Gasteiger charge is -2.21. The summed E-state index contributed by atoms with van der Waals surface area (Å²) in [4.78, 5) is 43.2. The standard InChI is InChI=1S/C23H22N4O3/c1-23(13-12-16-7-3-2-4-8-16)21(29)27(22(30)26-23)15-19(28)25-18-11-5-9-17-10-6-14-24-20(17)18/h2-11,14H,12-13,15H2,1H3,(H,25,28)(H,26,30)/t23-/m0/s1. The lowest BCUT2D eigenvalue weighted by Crippen LogP contribution is -2.45. The van der Waals surface area contributed by atoms with Crippen molar-refractivity contribution in [3.8, 4) is 0 Å². The fourth-order valence-corrected chi connectivity index (χ4v) is 3.64. The van der Waals surface area contributed by atoms with Crippen LogP contribution in [-0.4, -0.2) is 39.8 Å². The highest BCUT2D eigenvalue weighted by molar-refractivity contribution is 6.10. The number of hydrogen-bond acceptors (Lipinski definition) is 4. The number of amides is 4. The minimum absolute atomic E-state index is 0.352. The van der Waals surface area contributed by atoms with Crippen molar-refractivity contribution in [2.45, 2.75) is 25.3 Å². The first-order valence-corrected chi connectivity index (χ1v) is 9.78. The number of aryl methyl sites for hydroxylation is 1. The van der Waals surface area contributed by atoms with Crippen molar-refractivity contribution in [3.63, 3.8) is 0 Å². The van der Waals surface area contributed by atoms with Crippen LogP contribution in [0.5, 0.6) is 0 Å². The lowest BCUT2D eigenvalue weighted by molar-refractivity contribution is -0.133. The van der Waals surface area contributed by atoms with E-state index in [0.717, 1.165) is 15.8 Å². The van der Waals surface area contributed by atoms with E-state index in [2.05, 4.69) is 15.6 Å². The normalized spacial score (nSPS) is 18.5. The van der Waals surface area contributed by atoms with Crippen LogP contribution in [0, 0.1) is 0 Å². The van der Waals surface area contributed by atoms with Gasteiger partial charge in [0.05, 0.1) is 11.2 Å². The number of anilines is 1. The molecule has 0 saturated carbocycles.